The molecule has 3 rings (SSSR count). The second kappa shape index (κ2) is 6.91. The van der Waals surface area contributed by atoms with Crippen LogP contribution < -0.4 is 10.1 Å². The van der Waals surface area contributed by atoms with Gasteiger partial charge in [-0.3, -0.25) is 0 Å². The summed E-state index contributed by atoms with van der Waals surface area (Å²) in [5.41, 5.74) is 2.23. The SMILES string of the molecule is CC(C)Oc1nccnc1NCc1ccc(-n2ccnc2)cc1. The smallest absolute Gasteiger partial charge is 0.257 e. The summed E-state index contributed by atoms with van der Waals surface area (Å²) in [5.74, 6) is 1.18. The molecule has 0 atom stereocenters. The maximum Gasteiger partial charge on any atom is 0.257 e. The quantitative estimate of drug-likeness (QED) is 0.758. The Morgan fingerprint density at radius 1 is 1.09 bits per heavy atom. The summed E-state index contributed by atoms with van der Waals surface area (Å²) in [4.78, 5) is 12.6. The molecule has 0 aliphatic rings. The predicted octanol–water partition coefficient (Wildman–Crippen LogP) is 3.06. The highest BCUT2D eigenvalue weighted by Gasteiger charge is 2.08. The van der Waals surface area contributed by atoms with Crippen LogP contribution in [0.4, 0.5) is 5.82 Å². The van der Waals surface area contributed by atoms with Crippen LogP contribution in [0.25, 0.3) is 5.69 Å². The molecule has 0 fully saturated rings. The van der Waals surface area contributed by atoms with Crippen molar-refractivity contribution in [3.05, 3.63) is 60.9 Å². The number of benzene rings is 1. The van der Waals surface area contributed by atoms with Crippen LogP contribution in [0.3, 0.4) is 0 Å². The Labute approximate surface area is 135 Å². The number of ether oxygens (including phenoxy) is 1. The number of rotatable bonds is 6. The molecular formula is C17H19N5O. The maximum absolute atomic E-state index is 5.66. The van der Waals surface area contributed by atoms with Crippen LogP contribution in [0.2, 0.25) is 0 Å². The Bertz CT molecular complexity index is 738. The molecule has 23 heavy (non-hydrogen) atoms. The summed E-state index contributed by atoms with van der Waals surface area (Å²) < 4.78 is 7.62. The molecule has 0 aliphatic heterocycles. The molecule has 0 radical (unpaired) electrons. The summed E-state index contributed by atoms with van der Waals surface area (Å²) in [5, 5.41) is 3.27. The third-order valence-electron chi connectivity index (χ3n) is 3.21. The van der Waals surface area contributed by atoms with E-state index in [-0.39, 0.29) is 6.10 Å². The third kappa shape index (κ3) is 3.85. The van der Waals surface area contributed by atoms with Crippen molar-refractivity contribution in [2.45, 2.75) is 26.5 Å². The lowest BCUT2D eigenvalue weighted by molar-refractivity contribution is 0.233. The van der Waals surface area contributed by atoms with Gasteiger partial charge in [0.1, 0.15) is 0 Å². The standard InChI is InChI=1S/C17H19N5O/c1-13(2)23-17-16(19-7-8-20-17)21-11-14-3-5-15(6-4-14)22-10-9-18-12-22/h3-10,12-13H,11H2,1-2H3,(H,19,21). The normalized spacial score (nSPS) is 10.7. The van der Waals surface area contributed by atoms with Crippen molar-refractivity contribution < 1.29 is 4.74 Å². The van der Waals surface area contributed by atoms with Crippen LogP contribution in [-0.2, 0) is 6.54 Å². The average molecular weight is 309 g/mol. The molecule has 0 spiro atoms. The number of hydrogen-bond donors (Lipinski definition) is 1. The molecule has 2 aromatic heterocycles. The zero-order chi connectivity index (χ0) is 16.1. The first-order chi connectivity index (χ1) is 11.2. The van der Waals surface area contributed by atoms with Gasteiger partial charge in [0.05, 0.1) is 12.4 Å². The fourth-order valence-electron chi connectivity index (χ4n) is 2.14. The van der Waals surface area contributed by atoms with Gasteiger partial charge in [-0.15, -0.1) is 0 Å². The average Bonchev–Trinajstić information content (AvgIpc) is 3.08. The van der Waals surface area contributed by atoms with Gasteiger partial charge in [0.2, 0.25) is 0 Å². The van der Waals surface area contributed by atoms with Crippen molar-refractivity contribution >= 4 is 5.82 Å². The lowest BCUT2D eigenvalue weighted by Gasteiger charge is -2.13. The topological polar surface area (TPSA) is 64.9 Å². The number of anilines is 1. The van der Waals surface area contributed by atoms with Crippen molar-refractivity contribution in [2.75, 3.05) is 5.32 Å². The van der Waals surface area contributed by atoms with Gasteiger partial charge in [-0.2, -0.15) is 0 Å². The highest BCUT2D eigenvalue weighted by atomic mass is 16.5. The molecule has 0 aliphatic carbocycles. The van der Waals surface area contributed by atoms with Crippen molar-refractivity contribution in [1.29, 1.82) is 0 Å². The van der Waals surface area contributed by atoms with Gasteiger partial charge >= 0.3 is 0 Å². The summed E-state index contributed by atoms with van der Waals surface area (Å²) in [6.07, 6.45) is 8.80. The van der Waals surface area contributed by atoms with E-state index >= 15 is 0 Å². The molecule has 0 bridgehead atoms. The summed E-state index contributed by atoms with van der Waals surface area (Å²) >= 11 is 0. The summed E-state index contributed by atoms with van der Waals surface area (Å²) in [6.45, 7) is 4.58. The number of nitrogens with one attached hydrogen (secondary N) is 1. The highest BCUT2D eigenvalue weighted by molar-refractivity contribution is 5.45. The largest absolute Gasteiger partial charge is 0.472 e. The van der Waals surface area contributed by atoms with E-state index < -0.39 is 0 Å². The van der Waals surface area contributed by atoms with Gasteiger partial charge in [-0.1, -0.05) is 12.1 Å². The van der Waals surface area contributed by atoms with Crippen molar-refractivity contribution in [3.8, 4) is 11.6 Å². The molecule has 0 amide bonds. The molecule has 1 N–H and O–H groups in total. The summed E-state index contributed by atoms with van der Waals surface area (Å²) in [7, 11) is 0. The molecule has 1 aromatic carbocycles. The van der Waals surface area contributed by atoms with E-state index in [1.54, 1.807) is 24.9 Å². The Morgan fingerprint density at radius 2 is 1.87 bits per heavy atom. The van der Waals surface area contributed by atoms with E-state index in [4.69, 9.17) is 4.74 Å². The molecule has 3 aromatic rings. The monoisotopic (exact) mass is 309 g/mol. The second-order valence-corrected chi connectivity index (χ2v) is 5.37. The van der Waals surface area contributed by atoms with E-state index in [0.29, 0.717) is 18.2 Å². The van der Waals surface area contributed by atoms with Gasteiger partial charge in [0, 0.05) is 37.0 Å². The highest BCUT2D eigenvalue weighted by Crippen LogP contribution is 2.20. The molecule has 0 saturated carbocycles. The van der Waals surface area contributed by atoms with Crippen LogP contribution in [0.1, 0.15) is 19.4 Å². The molecule has 2 heterocycles. The molecule has 6 nitrogen and oxygen atoms in total. The molecule has 6 heteroatoms. The first-order valence-corrected chi connectivity index (χ1v) is 7.51. The Kier molecular flexibility index (Phi) is 4.52. The lowest BCUT2D eigenvalue weighted by atomic mass is 10.2. The minimum atomic E-state index is 0.0571. The van der Waals surface area contributed by atoms with Crippen LogP contribution in [0.5, 0.6) is 5.88 Å². The minimum absolute atomic E-state index is 0.0571. The van der Waals surface area contributed by atoms with Crippen molar-refractivity contribution in [3.63, 3.8) is 0 Å². The Morgan fingerprint density at radius 3 is 2.57 bits per heavy atom. The van der Waals surface area contributed by atoms with E-state index in [1.807, 2.05) is 24.6 Å². The van der Waals surface area contributed by atoms with Gasteiger partial charge in [0.15, 0.2) is 5.82 Å². The van der Waals surface area contributed by atoms with E-state index in [9.17, 15) is 0 Å². The molecular weight excluding hydrogens is 290 g/mol. The third-order valence-corrected chi connectivity index (χ3v) is 3.21. The van der Waals surface area contributed by atoms with Crippen LogP contribution in [0.15, 0.2) is 55.4 Å². The predicted molar refractivity (Wildman–Crippen MR) is 88.7 cm³/mol. The lowest BCUT2D eigenvalue weighted by Crippen LogP contribution is -2.11. The van der Waals surface area contributed by atoms with Crippen LogP contribution in [0, 0.1) is 0 Å². The first-order valence-electron chi connectivity index (χ1n) is 7.51. The molecule has 118 valence electrons. The molecule has 0 saturated heterocycles. The summed E-state index contributed by atoms with van der Waals surface area (Å²) in [6, 6.07) is 8.26. The van der Waals surface area contributed by atoms with E-state index in [2.05, 4.69) is 44.5 Å². The van der Waals surface area contributed by atoms with Crippen molar-refractivity contribution in [2.24, 2.45) is 0 Å². The first kappa shape index (κ1) is 15.0. The number of imidazole rings is 1. The fourth-order valence-corrected chi connectivity index (χ4v) is 2.14. The van der Waals surface area contributed by atoms with E-state index in [0.717, 1.165) is 11.3 Å². The minimum Gasteiger partial charge on any atom is -0.472 e. The van der Waals surface area contributed by atoms with Crippen molar-refractivity contribution in [1.82, 2.24) is 19.5 Å². The van der Waals surface area contributed by atoms with E-state index in [1.165, 1.54) is 0 Å². The number of nitrogens with zero attached hydrogens (tertiary/aromatic N) is 4. The van der Waals surface area contributed by atoms with Gasteiger partial charge in [0.25, 0.3) is 5.88 Å². The Hall–Kier alpha value is -2.89. The van der Waals surface area contributed by atoms with Gasteiger partial charge in [-0.25, -0.2) is 15.0 Å². The van der Waals surface area contributed by atoms with Crippen LogP contribution in [-0.4, -0.2) is 25.6 Å². The van der Waals surface area contributed by atoms with Gasteiger partial charge in [-0.05, 0) is 31.5 Å². The molecule has 0 unspecified atom stereocenters. The zero-order valence-electron chi connectivity index (χ0n) is 13.2. The van der Waals surface area contributed by atoms with Crippen LogP contribution >= 0.6 is 0 Å². The number of aromatic nitrogens is 4. The number of hydrogen-bond acceptors (Lipinski definition) is 5. The zero-order valence-corrected chi connectivity index (χ0v) is 13.2. The fraction of sp³-hybridized carbons (Fsp3) is 0.235. The maximum atomic E-state index is 5.66. The second-order valence-electron chi connectivity index (χ2n) is 5.37. The van der Waals surface area contributed by atoms with Gasteiger partial charge < -0.3 is 14.6 Å². The Balaban J connectivity index is 1.67.